The van der Waals surface area contributed by atoms with Crippen molar-refractivity contribution in [3.63, 3.8) is 0 Å². The van der Waals surface area contributed by atoms with Crippen LogP contribution in [0.3, 0.4) is 0 Å². The van der Waals surface area contributed by atoms with Gasteiger partial charge in [-0.3, -0.25) is 19.2 Å². The molecule has 0 radical (unpaired) electrons. The Morgan fingerprint density at radius 1 is 1.05 bits per heavy atom. The summed E-state index contributed by atoms with van der Waals surface area (Å²) < 4.78 is 25.7. The zero-order valence-corrected chi connectivity index (χ0v) is 24.2. The van der Waals surface area contributed by atoms with Gasteiger partial charge in [0.15, 0.2) is 0 Å². The second-order valence-electron chi connectivity index (χ2n) is 10.3. The molecule has 4 amide bonds. The lowest BCUT2D eigenvalue weighted by Crippen LogP contribution is -2.54. The Labute approximate surface area is 243 Å². The van der Waals surface area contributed by atoms with Gasteiger partial charge < -0.3 is 34.9 Å². The van der Waals surface area contributed by atoms with Crippen LogP contribution in [0.25, 0.3) is 11.0 Å². The zero-order chi connectivity index (χ0) is 30.4. The first-order chi connectivity index (χ1) is 20.1. The van der Waals surface area contributed by atoms with E-state index in [-0.39, 0.29) is 35.9 Å². The van der Waals surface area contributed by atoms with Crippen molar-refractivity contribution in [1.82, 2.24) is 20.4 Å². The van der Waals surface area contributed by atoms with Crippen LogP contribution in [0.5, 0.6) is 5.75 Å². The maximum atomic E-state index is 15.1. The van der Waals surface area contributed by atoms with Crippen LogP contribution >= 0.6 is 0 Å². The van der Waals surface area contributed by atoms with Gasteiger partial charge in [-0.15, -0.1) is 0 Å². The molecule has 0 saturated carbocycles. The van der Waals surface area contributed by atoms with Crippen LogP contribution in [-0.2, 0) is 20.8 Å². The number of rotatable bonds is 10. The van der Waals surface area contributed by atoms with Gasteiger partial charge in [-0.25, -0.2) is 4.39 Å². The largest absolute Gasteiger partial charge is 0.497 e. The van der Waals surface area contributed by atoms with E-state index in [0.717, 1.165) is 13.1 Å². The number of likely N-dealkylation sites (N-methyl/N-ethyl adjacent to an activating group) is 1. The van der Waals surface area contributed by atoms with Crippen LogP contribution in [0.1, 0.15) is 36.2 Å². The summed E-state index contributed by atoms with van der Waals surface area (Å²) in [7, 11) is 3.50. The first kappa shape index (κ1) is 30.5. The number of nitrogens with one attached hydrogen (secondary N) is 3. The predicted octanol–water partition coefficient (Wildman–Crippen LogP) is 2.55. The fraction of sp³-hybridized carbons (Fsp3) is 0.400. The highest BCUT2D eigenvalue weighted by Crippen LogP contribution is 2.25. The highest BCUT2D eigenvalue weighted by atomic mass is 19.1. The number of piperazine rings is 1. The van der Waals surface area contributed by atoms with E-state index in [4.69, 9.17) is 9.15 Å². The van der Waals surface area contributed by atoms with E-state index in [0.29, 0.717) is 35.4 Å². The molecule has 3 aromatic rings. The number of carbonyl (C=O) groups excluding carboxylic acids is 4. The van der Waals surface area contributed by atoms with Gasteiger partial charge >= 0.3 is 0 Å². The quantitative estimate of drug-likeness (QED) is 0.335. The summed E-state index contributed by atoms with van der Waals surface area (Å²) in [6.45, 7) is 5.74. The molecule has 3 N–H and O–H groups in total. The minimum Gasteiger partial charge on any atom is -0.497 e. The second kappa shape index (κ2) is 13.5. The maximum absolute atomic E-state index is 15.1. The lowest BCUT2D eigenvalue weighted by atomic mass is 10.0. The molecule has 2 heterocycles. The van der Waals surface area contributed by atoms with E-state index in [1.165, 1.54) is 32.4 Å². The van der Waals surface area contributed by atoms with Crippen molar-refractivity contribution in [2.45, 2.75) is 38.8 Å². The van der Waals surface area contributed by atoms with Crippen molar-refractivity contribution in [2.24, 2.45) is 0 Å². The Balaban J connectivity index is 1.39. The molecule has 0 unspecified atom stereocenters. The molecule has 0 bridgehead atoms. The molecule has 1 fully saturated rings. The molecule has 42 heavy (non-hydrogen) atoms. The van der Waals surface area contributed by atoms with E-state index < -0.39 is 29.7 Å². The van der Waals surface area contributed by atoms with E-state index in [9.17, 15) is 19.2 Å². The van der Waals surface area contributed by atoms with Crippen molar-refractivity contribution in [2.75, 3.05) is 45.7 Å². The van der Waals surface area contributed by atoms with Gasteiger partial charge in [0.1, 0.15) is 35.5 Å². The summed E-state index contributed by atoms with van der Waals surface area (Å²) >= 11 is 0. The molecule has 12 heteroatoms. The standard InChI is InChI=1S/C30H36FN5O6/c1-5-27(37)33-25(30(40)36-12-10-35(3)11-13-36)15-19-6-9-24(23(31)14-19)34-28(38)18(2)32-29(39)22-17-42-26-16-20(41-4)7-8-21(22)26/h6-9,14,16-18,25H,5,10-13,15H2,1-4H3,(H,32,39)(H,33,37)(H,34,38)/t18-,25+/m0/s1. The lowest BCUT2D eigenvalue weighted by molar-refractivity contribution is -0.137. The van der Waals surface area contributed by atoms with Gasteiger partial charge in [-0.2, -0.15) is 0 Å². The van der Waals surface area contributed by atoms with E-state index in [1.54, 1.807) is 36.1 Å². The normalized spacial score (nSPS) is 15.1. The molecule has 11 nitrogen and oxygen atoms in total. The van der Waals surface area contributed by atoms with Crippen LogP contribution in [0.4, 0.5) is 10.1 Å². The minimum atomic E-state index is -0.991. The number of methoxy groups -OCH3 is 1. The number of carbonyl (C=O) groups is 4. The van der Waals surface area contributed by atoms with Crippen LogP contribution < -0.4 is 20.7 Å². The Morgan fingerprint density at radius 3 is 2.45 bits per heavy atom. The van der Waals surface area contributed by atoms with Crippen molar-refractivity contribution in [3.05, 3.63) is 59.6 Å². The summed E-state index contributed by atoms with van der Waals surface area (Å²) in [5, 5.41) is 8.41. The monoisotopic (exact) mass is 581 g/mol. The molecule has 224 valence electrons. The summed E-state index contributed by atoms with van der Waals surface area (Å²) in [5.41, 5.74) is 1.11. The predicted molar refractivity (Wildman–Crippen MR) is 155 cm³/mol. The molecule has 2 atom stereocenters. The van der Waals surface area contributed by atoms with Crippen molar-refractivity contribution < 1.29 is 32.7 Å². The van der Waals surface area contributed by atoms with Crippen molar-refractivity contribution in [3.8, 4) is 5.75 Å². The van der Waals surface area contributed by atoms with Gasteiger partial charge in [-0.05, 0) is 43.8 Å². The molecular formula is C30H36FN5O6. The molecule has 1 saturated heterocycles. The first-order valence-electron chi connectivity index (χ1n) is 13.8. The number of benzene rings is 2. The van der Waals surface area contributed by atoms with Crippen LogP contribution in [0.15, 0.2) is 47.1 Å². The number of anilines is 1. The molecule has 1 aliphatic heterocycles. The molecule has 0 spiro atoms. The number of hydrogen-bond acceptors (Lipinski definition) is 7. The SMILES string of the molecule is CCC(=O)N[C@H](Cc1ccc(NC(=O)[C@H](C)NC(=O)c2coc3cc(OC)ccc23)c(F)c1)C(=O)N1CCN(C)CC1. The summed E-state index contributed by atoms with van der Waals surface area (Å²) in [6.07, 6.45) is 1.61. The van der Waals surface area contributed by atoms with Crippen molar-refractivity contribution in [1.29, 1.82) is 0 Å². The van der Waals surface area contributed by atoms with Gasteiger partial charge in [-0.1, -0.05) is 13.0 Å². The van der Waals surface area contributed by atoms with E-state index >= 15 is 4.39 Å². The van der Waals surface area contributed by atoms with Gasteiger partial charge in [0.25, 0.3) is 5.91 Å². The molecule has 1 aromatic heterocycles. The second-order valence-corrected chi connectivity index (χ2v) is 10.3. The number of ether oxygens (including phenoxy) is 1. The van der Waals surface area contributed by atoms with Gasteiger partial charge in [0.05, 0.1) is 18.4 Å². The number of fused-ring (bicyclic) bond motifs is 1. The Morgan fingerprint density at radius 2 is 1.79 bits per heavy atom. The zero-order valence-electron chi connectivity index (χ0n) is 24.2. The van der Waals surface area contributed by atoms with Crippen LogP contribution in [0, 0.1) is 5.82 Å². The third kappa shape index (κ3) is 7.24. The number of halogens is 1. The fourth-order valence-electron chi connectivity index (χ4n) is 4.66. The number of furan rings is 1. The number of amides is 4. The fourth-order valence-corrected chi connectivity index (χ4v) is 4.66. The highest BCUT2D eigenvalue weighted by molar-refractivity contribution is 6.08. The van der Waals surface area contributed by atoms with E-state index in [2.05, 4.69) is 20.9 Å². The molecule has 0 aliphatic carbocycles. The van der Waals surface area contributed by atoms with Gasteiger partial charge in [0, 0.05) is 50.5 Å². The first-order valence-corrected chi connectivity index (χ1v) is 13.8. The molecular weight excluding hydrogens is 545 g/mol. The third-order valence-corrected chi connectivity index (χ3v) is 7.27. The Bertz CT molecular complexity index is 1470. The topological polar surface area (TPSA) is 133 Å². The van der Waals surface area contributed by atoms with Gasteiger partial charge in [0.2, 0.25) is 17.7 Å². The van der Waals surface area contributed by atoms with Crippen LogP contribution in [0.2, 0.25) is 0 Å². The molecule has 1 aliphatic rings. The Hall–Kier alpha value is -4.45. The molecule has 4 rings (SSSR count). The summed E-state index contributed by atoms with van der Waals surface area (Å²) in [6, 6.07) is 7.42. The van der Waals surface area contributed by atoms with E-state index in [1.807, 2.05) is 7.05 Å². The summed E-state index contributed by atoms with van der Waals surface area (Å²) in [5.74, 6) is -1.76. The average molecular weight is 582 g/mol. The van der Waals surface area contributed by atoms with Crippen LogP contribution in [-0.4, -0.2) is 85.8 Å². The third-order valence-electron chi connectivity index (χ3n) is 7.27. The smallest absolute Gasteiger partial charge is 0.255 e. The average Bonchev–Trinajstić information content (AvgIpc) is 3.41. The Kier molecular flexibility index (Phi) is 9.79. The molecule has 2 aromatic carbocycles. The summed E-state index contributed by atoms with van der Waals surface area (Å²) in [4.78, 5) is 54.8. The highest BCUT2D eigenvalue weighted by Gasteiger charge is 2.28. The number of nitrogens with zero attached hydrogens (tertiary/aromatic N) is 2. The lowest BCUT2D eigenvalue weighted by Gasteiger charge is -2.34. The minimum absolute atomic E-state index is 0.0785. The maximum Gasteiger partial charge on any atom is 0.255 e. The van der Waals surface area contributed by atoms with Crippen molar-refractivity contribution >= 4 is 40.3 Å². The number of hydrogen-bond donors (Lipinski definition) is 3.